The van der Waals surface area contributed by atoms with Crippen molar-refractivity contribution in [2.75, 3.05) is 7.11 Å². The summed E-state index contributed by atoms with van der Waals surface area (Å²) < 4.78 is 40.9. The average molecular weight is 253 g/mol. The highest BCUT2D eigenvalue weighted by Gasteiger charge is 2.26. The predicted octanol–water partition coefficient (Wildman–Crippen LogP) is 4.23. The van der Waals surface area contributed by atoms with Gasteiger partial charge in [-0.25, -0.2) is 0 Å². The van der Waals surface area contributed by atoms with Gasteiger partial charge in [-0.1, -0.05) is 11.6 Å². The summed E-state index contributed by atoms with van der Waals surface area (Å²) >= 11 is 5.76. The maximum atomic E-state index is 12.0. The summed E-state index contributed by atoms with van der Waals surface area (Å²) in [4.78, 5) is 0. The molecule has 1 rings (SSSR count). The number of rotatable bonds is 4. The first-order chi connectivity index (χ1) is 7.42. The van der Waals surface area contributed by atoms with Gasteiger partial charge in [0.05, 0.1) is 7.11 Å². The Bertz CT molecular complexity index is 350. The molecule has 0 saturated heterocycles. The van der Waals surface area contributed by atoms with Crippen molar-refractivity contribution in [3.8, 4) is 5.75 Å². The summed E-state index contributed by atoms with van der Waals surface area (Å²) in [6.07, 6.45) is -4.54. The van der Waals surface area contributed by atoms with E-state index in [-0.39, 0.29) is 6.42 Å². The van der Waals surface area contributed by atoms with Gasteiger partial charge in [0.25, 0.3) is 0 Å². The SMILES string of the molecule is COc1ccc(Cl)cc1CCCC(F)(F)F. The molecule has 0 aliphatic heterocycles. The number of halogens is 4. The van der Waals surface area contributed by atoms with Gasteiger partial charge in [-0.05, 0) is 36.6 Å². The van der Waals surface area contributed by atoms with E-state index in [4.69, 9.17) is 16.3 Å². The molecule has 0 radical (unpaired) electrons. The van der Waals surface area contributed by atoms with Crippen molar-refractivity contribution in [2.45, 2.75) is 25.4 Å². The van der Waals surface area contributed by atoms with Gasteiger partial charge in [-0.15, -0.1) is 0 Å². The van der Waals surface area contributed by atoms with E-state index in [0.717, 1.165) is 0 Å². The average Bonchev–Trinajstić information content (AvgIpc) is 2.16. The summed E-state index contributed by atoms with van der Waals surface area (Å²) in [7, 11) is 1.48. The van der Waals surface area contributed by atoms with Crippen LogP contribution in [0.25, 0.3) is 0 Å². The fourth-order valence-electron chi connectivity index (χ4n) is 1.42. The molecular weight excluding hydrogens is 241 g/mol. The van der Waals surface area contributed by atoms with Crippen molar-refractivity contribution < 1.29 is 17.9 Å². The molecule has 0 bridgehead atoms. The molecule has 0 unspecified atom stereocenters. The zero-order chi connectivity index (χ0) is 12.2. The Labute approximate surface area is 97.2 Å². The molecule has 1 aromatic carbocycles. The van der Waals surface area contributed by atoms with Gasteiger partial charge in [0.1, 0.15) is 5.75 Å². The van der Waals surface area contributed by atoms with Crippen LogP contribution < -0.4 is 4.74 Å². The van der Waals surface area contributed by atoms with Crippen molar-refractivity contribution in [1.29, 1.82) is 0 Å². The molecule has 0 aliphatic carbocycles. The number of hydrogen-bond donors (Lipinski definition) is 0. The van der Waals surface area contributed by atoms with Crippen LogP contribution in [0, 0.1) is 0 Å². The third-order valence-corrected chi connectivity index (χ3v) is 2.38. The highest BCUT2D eigenvalue weighted by molar-refractivity contribution is 6.30. The van der Waals surface area contributed by atoms with E-state index in [0.29, 0.717) is 22.8 Å². The largest absolute Gasteiger partial charge is 0.496 e. The van der Waals surface area contributed by atoms with Crippen molar-refractivity contribution >= 4 is 11.6 Å². The van der Waals surface area contributed by atoms with Crippen LogP contribution in [0.15, 0.2) is 18.2 Å². The number of alkyl halides is 3. The molecule has 0 heterocycles. The Morgan fingerprint density at radius 1 is 1.31 bits per heavy atom. The molecule has 0 saturated carbocycles. The lowest BCUT2D eigenvalue weighted by atomic mass is 10.1. The zero-order valence-corrected chi connectivity index (χ0v) is 9.53. The third-order valence-electron chi connectivity index (χ3n) is 2.15. The molecule has 0 spiro atoms. The fraction of sp³-hybridized carbons (Fsp3) is 0.455. The second-order valence-electron chi connectivity index (χ2n) is 3.42. The molecule has 0 N–H and O–H groups in total. The van der Waals surface area contributed by atoms with Crippen LogP contribution in [-0.2, 0) is 6.42 Å². The minimum absolute atomic E-state index is 0.0419. The lowest BCUT2D eigenvalue weighted by Gasteiger charge is -2.10. The molecule has 1 aromatic rings. The first kappa shape index (κ1) is 13.2. The predicted molar refractivity (Wildman–Crippen MR) is 57.0 cm³/mol. The minimum Gasteiger partial charge on any atom is -0.496 e. The normalized spacial score (nSPS) is 11.6. The first-order valence-electron chi connectivity index (χ1n) is 4.81. The van der Waals surface area contributed by atoms with Crippen LogP contribution in [0.2, 0.25) is 5.02 Å². The van der Waals surface area contributed by atoms with E-state index in [2.05, 4.69) is 0 Å². The Balaban J connectivity index is 2.62. The first-order valence-corrected chi connectivity index (χ1v) is 5.19. The molecule has 0 atom stereocenters. The molecule has 90 valence electrons. The van der Waals surface area contributed by atoms with E-state index >= 15 is 0 Å². The summed E-state index contributed by atoms with van der Waals surface area (Å²) in [5.41, 5.74) is 0.708. The molecule has 0 aromatic heterocycles. The topological polar surface area (TPSA) is 9.23 Å². The molecule has 1 nitrogen and oxygen atoms in total. The van der Waals surface area contributed by atoms with Crippen molar-refractivity contribution in [3.05, 3.63) is 28.8 Å². The van der Waals surface area contributed by atoms with E-state index in [1.807, 2.05) is 0 Å². The molecule has 0 amide bonds. The zero-order valence-electron chi connectivity index (χ0n) is 8.77. The van der Waals surface area contributed by atoms with Crippen molar-refractivity contribution in [3.63, 3.8) is 0 Å². The van der Waals surface area contributed by atoms with Crippen molar-refractivity contribution in [1.82, 2.24) is 0 Å². The lowest BCUT2D eigenvalue weighted by Crippen LogP contribution is -2.07. The molecular formula is C11H12ClF3O. The Morgan fingerprint density at radius 3 is 2.56 bits per heavy atom. The van der Waals surface area contributed by atoms with Gasteiger partial charge in [0, 0.05) is 11.4 Å². The number of hydrogen-bond acceptors (Lipinski definition) is 1. The Hall–Kier alpha value is -0.900. The maximum Gasteiger partial charge on any atom is 0.389 e. The maximum absolute atomic E-state index is 12.0. The second-order valence-corrected chi connectivity index (χ2v) is 3.86. The standard InChI is InChI=1S/C11H12ClF3O/c1-16-10-5-4-9(12)7-8(10)3-2-6-11(13,14)15/h4-5,7H,2-3,6H2,1H3. The van der Waals surface area contributed by atoms with E-state index in [1.54, 1.807) is 18.2 Å². The quantitative estimate of drug-likeness (QED) is 0.779. The number of aryl methyl sites for hydroxylation is 1. The van der Waals surface area contributed by atoms with Crippen LogP contribution >= 0.6 is 11.6 Å². The van der Waals surface area contributed by atoms with Crippen LogP contribution in [0.3, 0.4) is 0 Å². The monoisotopic (exact) mass is 252 g/mol. The van der Waals surface area contributed by atoms with Gasteiger partial charge in [0.2, 0.25) is 0 Å². The third kappa shape index (κ3) is 4.31. The van der Waals surface area contributed by atoms with Crippen LogP contribution in [0.1, 0.15) is 18.4 Å². The van der Waals surface area contributed by atoms with Gasteiger partial charge in [0.15, 0.2) is 0 Å². The smallest absolute Gasteiger partial charge is 0.389 e. The molecule has 16 heavy (non-hydrogen) atoms. The number of benzene rings is 1. The van der Waals surface area contributed by atoms with Crippen LogP contribution in [0.4, 0.5) is 13.2 Å². The summed E-state index contributed by atoms with van der Waals surface area (Å²) in [6, 6.07) is 4.94. The van der Waals surface area contributed by atoms with E-state index in [1.165, 1.54) is 7.11 Å². The summed E-state index contributed by atoms with van der Waals surface area (Å²) in [5.74, 6) is 0.576. The second kappa shape index (κ2) is 5.43. The Morgan fingerprint density at radius 2 is 2.00 bits per heavy atom. The number of ether oxygens (including phenoxy) is 1. The number of methoxy groups -OCH3 is 1. The van der Waals surface area contributed by atoms with E-state index < -0.39 is 12.6 Å². The van der Waals surface area contributed by atoms with Crippen LogP contribution in [-0.4, -0.2) is 13.3 Å². The van der Waals surface area contributed by atoms with Gasteiger partial charge in [-0.2, -0.15) is 13.2 Å². The van der Waals surface area contributed by atoms with Gasteiger partial charge < -0.3 is 4.74 Å². The van der Waals surface area contributed by atoms with Crippen molar-refractivity contribution in [2.24, 2.45) is 0 Å². The fourth-order valence-corrected chi connectivity index (χ4v) is 1.62. The lowest BCUT2D eigenvalue weighted by molar-refractivity contribution is -0.135. The highest BCUT2D eigenvalue weighted by Crippen LogP contribution is 2.27. The van der Waals surface area contributed by atoms with Crippen LogP contribution in [0.5, 0.6) is 5.75 Å². The van der Waals surface area contributed by atoms with E-state index in [9.17, 15) is 13.2 Å². The molecule has 0 aliphatic rings. The van der Waals surface area contributed by atoms with Gasteiger partial charge in [-0.3, -0.25) is 0 Å². The minimum atomic E-state index is -4.11. The molecule has 0 fully saturated rings. The summed E-state index contributed by atoms with van der Waals surface area (Å²) in [5, 5.41) is 0.503. The molecule has 5 heteroatoms. The van der Waals surface area contributed by atoms with Gasteiger partial charge >= 0.3 is 6.18 Å². The highest BCUT2D eigenvalue weighted by atomic mass is 35.5. The Kier molecular flexibility index (Phi) is 4.47. The summed E-state index contributed by atoms with van der Waals surface area (Å²) in [6.45, 7) is 0.